The highest BCUT2D eigenvalue weighted by atomic mass is 16.5. The van der Waals surface area contributed by atoms with Crippen LogP contribution in [0.1, 0.15) is 46.0 Å². The van der Waals surface area contributed by atoms with Crippen LogP contribution in [0.25, 0.3) is 0 Å². The van der Waals surface area contributed by atoms with Crippen molar-refractivity contribution in [3.05, 3.63) is 0 Å². The van der Waals surface area contributed by atoms with Crippen molar-refractivity contribution < 1.29 is 29.3 Å². The van der Waals surface area contributed by atoms with Gasteiger partial charge in [0.05, 0.1) is 26.3 Å². The van der Waals surface area contributed by atoms with Gasteiger partial charge in [0.15, 0.2) is 0 Å². The van der Waals surface area contributed by atoms with Crippen molar-refractivity contribution in [3.63, 3.8) is 0 Å². The summed E-state index contributed by atoms with van der Waals surface area (Å²) in [6, 6.07) is 0. The summed E-state index contributed by atoms with van der Waals surface area (Å²) in [6.45, 7) is 13.4. The van der Waals surface area contributed by atoms with Gasteiger partial charge < -0.3 is 30.5 Å². The van der Waals surface area contributed by atoms with Crippen molar-refractivity contribution in [2.45, 2.75) is 46.0 Å². The van der Waals surface area contributed by atoms with Crippen LogP contribution in [0.15, 0.2) is 0 Å². The summed E-state index contributed by atoms with van der Waals surface area (Å²) in [4.78, 5) is 42.9. The Hall–Kier alpha value is -1.83. The third kappa shape index (κ3) is 18.4. The molecule has 1 rings (SSSR count). The van der Waals surface area contributed by atoms with E-state index in [9.17, 15) is 24.6 Å². The number of ether oxygens (including phenoxy) is 1. The van der Waals surface area contributed by atoms with Crippen LogP contribution < -0.4 is 10.6 Å². The van der Waals surface area contributed by atoms with Crippen molar-refractivity contribution in [1.82, 2.24) is 30.2 Å². The molecule has 1 saturated heterocycles. The van der Waals surface area contributed by atoms with Gasteiger partial charge in [-0.2, -0.15) is 0 Å². The lowest BCUT2D eigenvalue weighted by atomic mass is 10.2. The van der Waals surface area contributed by atoms with Crippen molar-refractivity contribution in [2.75, 3.05) is 105 Å². The molecule has 222 valence electrons. The highest BCUT2D eigenvalue weighted by Gasteiger charge is 2.18. The largest absolute Gasteiger partial charge is 0.480 e. The fourth-order valence-corrected chi connectivity index (χ4v) is 4.27. The first kappa shape index (κ1) is 34.2. The maximum Gasteiger partial charge on any atom is 0.317 e. The molecule has 0 aromatic rings. The van der Waals surface area contributed by atoms with Gasteiger partial charge in [-0.15, -0.1) is 0 Å². The number of carbonyl (C=O) groups excluding carboxylic acids is 1. The number of likely N-dealkylation sites (N-methyl/N-ethyl adjacent to an activating group) is 1. The number of rotatable bonds is 18. The maximum atomic E-state index is 11.9. The van der Waals surface area contributed by atoms with Gasteiger partial charge in [0, 0.05) is 78.5 Å². The lowest BCUT2D eigenvalue weighted by molar-refractivity contribution is -0.140. The number of carboxylic acid groups (broad SMARTS) is 2. The zero-order valence-electron chi connectivity index (χ0n) is 23.7. The molecule has 1 aliphatic heterocycles. The molecule has 0 aromatic carbocycles. The van der Waals surface area contributed by atoms with E-state index in [1.54, 1.807) is 0 Å². The molecule has 12 nitrogen and oxygen atoms in total. The average molecular weight is 545 g/mol. The van der Waals surface area contributed by atoms with Crippen LogP contribution in [0, 0.1) is 0 Å². The maximum absolute atomic E-state index is 11.9. The fourth-order valence-electron chi connectivity index (χ4n) is 4.27. The Kier molecular flexibility index (Phi) is 19.8. The van der Waals surface area contributed by atoms with E-state index >= 15 is 0 Å². The van der Waals surface area contributed by atoms with E-state index in [2.05, 4.69) is 34.3 Å². The molecule has 0 aromatic heterocycles. The Morgan fingerprint density at radius 2 is 1.26 bits per heavy atom. The first-order chi connectivity index (χ1) is 18.3. The Labute approximate surface area is 228 Å². The average Bonchev–Trinajstić information content (AvgIpc) is 2.87. The van der Waals surface area contributed by atoms with Crippen LogP contribution in [0.5, 0.6) is 0 Å². The van der Waals surface area contributed by atoms with Crippen molar-refractivity contribution in [2.24, 2.45) is 0 Å². The molecule has 0 unspecified atom stereocenters. The van der Waals surface area contributed by atoms with E-state index in [1.165, 1.54) is 12.8 Å². The summed E-state index contributed by atoms with van der Waals surface area (Å²) in [6.07, 6.45) is 4.93. The van der Waals surface area contributed by atoms with Crippen molar-refractivity contribution in [3.8, 4) is 0 Å². The quantitative estimate of drug-likeness (QED) is 0.174. The summed E-state index contributed by atoms with van der Waals surface area (Å²) >= 11 is 0. The molecule has 0 saturated carbocycles. The minimum Gasteiger partial charge on any atom is -0.480 e. The van der Waals surface area contributed by atoms with Gasteiger partial charge in [-0.3, -0.25) is 29.1 Å². The van der Waals surface area contributed by atoms with Crippen LogP contribution in [0.2, 0.25) is 0 Å². The van der Waals surface area contributed by atoms with Gasteiger partial charge >= 0.3 is 11.9 Å². The number of carboxylic acids is 2. The standard InChI is InChI=1S/C26H52N6O6/c1-3-5-6-7-9-28-24(33)8-19-38-20-10-27-23-32-17-12-29(4-2)11-13-30(21-25(34)35)14-15-31(16-18-32)22-26(36)37/h27H,3-23H2,1-2H3,(H,28,33)(H,34,35)(H,36,37). The van der Waals surface area contributed by atoms with Gasteiger partial charge in [0.2, 0.25) is 5.91 Å². The first-order valence-electron chi connectivity index (χ1n) is 14.2. The second-order valence-corrected chi connectivity index (χ2v) is 9.82. The third-order valence-corrected chi connectivity index (χ3v) is 6.68. The molecule has 1 amide bonds. The number of amides is 1. The summed E-state index contributed by atoms with van der Waals surface area (Å²) in [5, 5.41) is 24.9. The molecule has 0 aliphatic carbocycles. The molecule has 4 N–H and O–H groups in total. The predicted molar refractivity (Wildman–Crippen MR) is 147 cm³/mol. The molecule has 0 atom stereocenters. The second kappa shape index (κ2) is 22.0. The van der Waals surface area contributed by atoms with E-state index in [4.69, 9.17) is 4.74 Å². The number of hydrogen-bond acceptors (Lipinski definition) is 9. The highest BCUT2D eigenvalue weighted by Crippen LogP contribution is 2.01. The smallest absolute Gasteiger partial charge is 0.317 e. The Balaban J connectivity index is 2.41. The number of nitrogens with one attached hydrogen (secondary N) is 2. The molecule has 0 bridgehead atoms. The van der Waals surface area contributed by atoms with Crippen LogP contribution in [0.3, 0.4) is 0 Å². The third-order valence-electron chi connectivity index (χ3n) is 6.68. The molecule has 38 heavy (non-hydrogen) atoms. The Bertz CT molecular complexity index is 656. The van der Waals surface area contributed by atoms with Crippen LogP contribution in [0.4, 0.5) is 0 Å². The lowest BCUT2D eigenvalue weighted by Crippen LogP contribution is -2.49. The Morgan fingerprint density at radius 3 is 1.79 bits per heavy atom. The summed E-state index contributed by atoms with van der Waals surface area (Å²) in [5.41, 5.74) is 0. The summed E-state index contributed by atoms with van der Waals surface area (Å²) in [7, 11) is 0. The number of carbonyl (C=O) groups is 3. The van der Waals surface area contributed by atoms with Gasteiger partial charge in [-0.05, 0) is 13.0 Å². The molecule has 12 heteroatoms. The van der Waals surface area contributed by atoms with Crippen molar-refractivity contribution in [1.29, 1.82) is 0 Å². The number of unbranched alkanes of at least 4 members (excludes halogenated alkanes) is 3. The van der Waals surface area contributed by atoms with E-state index in [1.807, 2.05) is 9.80 Å². The predicted octanol–water partition coefficient (Wildman–Crippen LogP) is 0.0474. The summed E-state index contributed by atoms with van der Waals surface area (Å²) < 4.78 is 5.61. The molecule has 1 fully saturated rings. The molecular formula is C26H52N6O6. The van der Waals surface area contributed by atoms with Gasteiger partial charge in [-0.1, -0.05) is 33.1 Å². The lowest BCUT2D eigenvalue weighted by Gasteiger charge is -2.33. The van der Waals surface area contributed by atoms with Crippen LogP contribution in [-0.4, -0.2) is 153 Å². The minimum atomic E-state index is -0.883. The zero-order valence-corrected chi connectivity index (χ0v) is 23.7. The normalized spacial score (nSPS) is 17.5. The van der Waals surface area contributed by atoms with Crippen molar-refractivity contribution >= 4 is 17.8 Å². The molecular weight excluding hydrogens is 492 g/mol. The minimum absolute atomic E-state index is 0.0336. The van der Waals surface area contributed by atoms with E-state index in [0.717, 1.165) is 45.6 Å². The number of aliphatic carboxylic acids is 2. The number of hydrogen-bond donors (Lipinski definition) is 4. The van der Waals surface area contributed by atoms with E-state index < -0.39 is 11.9 Å². The van der Waals surface area contributed by atoms with Gasteiger partial charge in [-0.25, -0.2) is 0 Å². The van der Waals surface area contributed by atoms with E-state index in [0.29, 0.717) is 65.6 Å². The van der Waals surface area contributed by atoms with Gasteiger partial charge in [0.25, 0.3) is 0 Å². The monoisotopic (exact) mass is 544 g/mol. The first-order valence-corrected chi connectivity index (χ1v) is 14.2. The fraction of sp³-hybridized carbons (Fsp3) is 0.885. The topological polar surface area (TPSA) is 138 Å². The van der Waals surface area contributed by atoms with Gasteiger partial charge in [0.1, 0.15) is 0 Å². The molecule has 0 spiro atoms. The van der Waals surface area contributed by atoms with E-state index in [-0.39, 0.29) is 19.0 Å². The molecule has 1 aliphatic rings. The molecule has 1 heterocycles. The number of nitrogens with zero attached hydrogens (tertiary/aromatic N) is 4. The Morgan fingerprint density at radius 1 is 0.711 bits per heavy atom. The van der Waals surface area contributed by atoms with Crippen LogP contribution in [-0.2, 0) is 19.1 Å². The second-order valence-electron chi connectivity index (χ2n) is 9.82. The molecule has 0 radical (unpaired) electrons. The van der Waals surface area contributed by atoms with Crippen LogP contribution >= 0.6 is 0 Å². The summed E-state index contributed by atoms with van der Waals surface area (Å²) in [5.74, 6) is -1.72. The zero-order chi connectivity index (χ0) is 28.0. The SMILES string of the molecule is CCCCCCNC(=O)CCOCCNCN1CCN(CC)CCN(CC(=O)O)CCN(CC(=O)O)CC1. The highest BCUT2D eigenvalue weighted by molar-refractivity contribution is 5.75.